The second-order valence-corrected chi connectivity index (χ2v) is 3.14. The lowest BCUT2D eigenvalue weighted by atomic mass is 10.1. The fraction of sp³-hybridized carbons (Fsp3) is 0.273. The maximum absolute atomic E-state index is 11.5. The topological polar surface area (TPSA) is 30.0 Å². The summed E-state index contributed by atoms with van der Waals surface area (Å²) in [6.07, 6.45) is 5.68. The van der Waals surface area contributed by atoms with E-state index in [0.717, 1.165) is 5.56 Å². The summed E-state index contributed by atoms with van der Waals surface area (Å²) in [4.78, 5) is 15.3. The van der Waals surface area contributed by atoms with Crippen LogP contribution in [0.25, 0.3) is 0 Å². The van der Waals surface area contributed by atoms with E-state index < -0.39 is 0 Å². The number of hydrogen-bond acceptors (Lipinski definition) is 2. The van der Waals surface area contributed by atoms with Gasteiger partial charge in [0.25, 0.3) is 0 Å². The molecule has 0 aliphatic carbocycles. The van der Waals surface area contributed by atoms with E-state index in [0.29, 0.717) is 6.42 Å². The maximum Gasteiger partial charge on any atom is 0.166 e. The fourth-order valence-electron chi connectivity index (χ4n) is 0.952. The average Bonchev–Trinajstić information content (AvgIpc) is 2.15. The van der Waals surface area contributed by atoms with Gasteiger partial charge in [0.15, 0.2) is 5.78 Å². The van der Waals surface area contributed by atoms with Crippen molar-refractivity contribution in [2.45, 2.75) is 20.3 Å². The minimum Gasteiger partial charge on any atom is -0.294 e. The molecule has 1 rings (SSSR count). The number of carbonyl (C=O) groups is 1. The van der Waals surface area contributed by atoms with Crippen LogP contribution in [0.1, 0.15) is 30.6 Å². The maximum atomic E-state index is 11.5. The molecule has 2 nitrogen and oxygen atoms in total. The highest BCUT2D eigenvalue weighted by Crippen LogP contribution is 2.03. The van der Waals surface area contributed by atoms with Crippen LogP contribution in [0, 0.1) is 0 Å². The number of rotatable bonds is 3. The molecule has 1 heterocycles. The third kappa shape index (κ3) is 3.20. The lowest BCUT2D eigenvalue weighted by molar-refractivity contribution is 0.0995. The van der Waals surface area contributed by atoms with Crippen molar-refractivity contribution in [2.75, 3.05) is 0 Å². The molecule has 0 amide bonds. The lowest BCUT2D eigenvalue weighted by Gasteiger charge is -1.96. The Labute approximate surface area is 78.3 Å². The summed E-state index contributed by atoms with van der Waals surface area (Å²) in [7, 11) is 0. The monoisotopic (exact) mass is 175 g/mol. The van der Waals surface area contributed by atoms with Gasteiger partial charge in [-0.1, -0.05) is 11.6 Å². The summed E-state index contributed by atoms with van der Waals surface area (Å²) in [6, 6.07) is 3.47. The van der Waals surface area contributed by atoms with E-state index in [1.807, 2.05) is 19.9 Å². The first kappa shape index (κ1) is 9.65. The summed E-state index contributed by atoms with van der Waals surface area (Å²) >= 11 is 0. The van der Waals surface area contributed by atoms with Gasteiger partial charge in [0, 0.05) is 24.4 Å². The number of ketones is 1. The van der Waals surface area contributed by atoms with Gasteiger partial charge < -0.3 is 0 Å². The van der Waals surface area contributed by atoms with Gasteiger partial charge in [0.1, 0.15) is 0 Å². The van der Waals surface area contributed by atoms with Gasteiger partial charge in [-0.25, -0.2) is 0 Å². The molecule has 0 saturated heterocycles. The van der Waals surface area contributed by atoms with Gasteiger partial charge in [-0.2, -0.15) is 0 Å². The Morgan fingerprint density at radius 1 is 1.38 bits per heavy atom. The van der Waals surface area contributed by atoms with Gasteiger partial charge in [-0.3, -0.25) is 9.78 Å². The Kier molecular flexibility index (Phi) is 3.38. The highest BCUT2D eigenvalue weighted by atomic mass is 16.1. The molecule has 0 unspecified atom stereocenters. The Morgan fingerprint density at radius 2 is 2.00 bits per heavy atom. The fourth-order valence-corrected chi connectivity index (χ4v) is 0.952. The summed E-state index contributed by atoms with van der Waals surface area (Å²) in [6.45, 7) is 3.97. The van der Waals surface area contributed by atoms with Gasteiger partial charge in [-0.15, -0.1) is 0 Å². The number of Topliss-reactive ketones (excluding diaryl/α,β-unsaturated/α-hetero) is 1. The Bertz CT molecular complexity index is 310. The minimum absolute atomic E-state index is 0.142. The SMILES string of the molecule is CC(C)=CCC(=O)c1ccncc1. The molecule has 2 heteroatoms. The van der Waals surface area contributed by atoms with Gasteiger partial charge in [0.2, 0.25) is 0 Å². The van der Waals surface area contributed by atoms with Crippen LogP contribution in [0.3, 0.4) is 0 Å². The molecule has 0 bridgehead atoms. The molecule has 68 valence electrons. The zero-order valence-corrected chi connectivity index (χ0v) is 7.95. The van der Waals surface area contributed by atoms with Crippen molar-refractivity contribution in [3.63, 3.8) is 0 Å². The molecule has 0 saturated carbocycles. The van der Waals surface area contributed by atoms with Crippen molar-refractivity contribution in [1.29, 1.82) is 0 Å². The number of nitrogens with zero attached hydrogens (tertiary/aromatic N) is 1. The van der Waals surface area contributed by atoms with Crippen molar-refractivity contribution in [3.8, 4) is 0 Å². The lowest BCUT2D eigenvalue weighted by Crippen LogP contribution is -1.96. The number of hydrogen-bond donors (Lipinski definition) is 0. The highest BCUT2D eigenvalue weighted by molar-refractivity contribution is 5.96. The molecule has 0 atom stereocenters. The summed E-state index contributed by atoms with van der Waals surface area (Å²) in [5.74, 6) is 0.142. The Hall–Kier alpha value is -1.44. The van der Waals surface area contributed by atoms with Crippen LogP contribution in [0.5, 0.6) is 0 Å². The zero-order chi connectivity index (χ0) is 9.68. The predicted molar refractivity (Wildman–Crippen MR) is 52.6 cm³/mol. The molecule has 0 radical (unpaired) electrons. The third-order valence-electron chi connectivity index (χ3n) is 1.70. The van der Waals surface area contributed by atoms with Crippen LogP contribution < -0.4 is 0 Å². The van der Waals surface area contributed by atoms with Crippen molar-refractivity contribution >= 4 is 5.78 Å². The molecule has 0 fully saturated rings. The van der Waals surface area contributed by atoms with Crippen LogP contribution in [0.2, 0.25) is 0 Å². The number of aromatic nitrogens is 1. The largest absolute Gasteiger partial charge is 0.294 e. The molecule has 0 aliphatic heterocycles. The van der Waals surface area contributed by atoms with E-state index >= 15 is 0 Å². The van der Waals surface area contributed by atoms with E-state index in [4.69, 9.17) is 0 Å². The number of allylic oxidation sites excluding steroid dienone is 2. The molecule has 0 aromatic carbocycles. The average molecular weight is 175 g/mol. The number of carbonyl (C=O) groups excluding carboxylic acids is 1. The highest BCUT2D eigenvalue weighted by Gasteiger charge is 2.01. The van der Waals surface area contributed by atoms with Crippen LogP contribution in [0.15, 0.2) is 36.2 Å². The quantitative estimate of drug-likeness (QED) is 0.522. The predicted octanol–water partition coefficient (Wildman–Crippen LogP) is 2.62. The molecule has 1 aromatic heterocycles. The van der Waals surface area contributed by atoms with E-state index in [2.05, 4.69) is 4.98 Å². The van der Waals surface area contributed by atoms with Crippen molar-refractivity contribution < 1.29 is 4.79 Å². The molecular formula is C11H13NO. The Morgan fingerprint density at radius 3 is 2.54 bits per heavy atom. The molecule has 0 spiro atoms. The van der Waals surface area contributed by atoms with E-state index in [9.17, 15) is 4.79 Å². The van der Waals surface area contributed by atoms with Crippen LogP contribution >= 0.6 is 0 Å². The van der Waals surface area contributed by atoms with E-state index in [1.54, 1.807) is 24.5 Å². The van der Waals surface area contributed by atoms with Gasteiger partial charge in [-0.05, 0) is 26.0 Å². The Balaban J connectivity index is 2.65. The molecular weight excluding hydrogens is 162 g/mol. The molecule has 1 aromatic rings. The van der Waals surface area contributed by atoms with Crippen molar-refractivity contribution in [1.82, 2.24) is 4.98 Å². The van der Waals surface area contributed by atoms with Crippen LogP contribution in [-0.4, -0.2) is 10.8 Å². The van der Waals surface area contributed by atoms with Crippen LogP contribution in [0.4, 0.5) is 0 Å². The van der Waals surface area contributed by atoms with E-state index in [1.165, 1.54) is 5.57 Å². The van der Waals surface area contributed by atoms with Gasteiger partial charge >= 0.3 is 0 Å². The number of pyridine rings is 1. The summed E-state index contributed by atoms with van der Waals surface area (Å²) in [5, 5.41) is 0. The first-order valence-electron chi connectivity index (χ1n) is 4.27. The molecule has 0 N–H and O–H groups in total. The van der Waals surface area contributed by atoms with Crippen molar-refractivity contribution in [2.24, 2.45) is 0 Å². The van der Waals surface area contributed by atoms with Crippen LogP contribution in [-0.2, 0) is 0 Å². The first-order valence-corrected chi connectivity index (χ1v) is 4.27. The second kappa shape index (κ2) is 4.55. The zero-order valence-electron chi connectivity index (χ0n) is 7.95. The standard InChI is InChI=1S/C11H13NO/c1-9(2)3-4-11(13)10-5-7-12-8-6-10/h3,5-8H,4H2,1-2H3. The van der Waals surface area contributed by atoms with Crippen molar-refractivity contribution in [3.05, 3.63) is 41.7 Å². The normalized spacial score (nSPS) is 9.38. The minimum atomic E-state index is 0.142. The summed E-state index contributed by atoms with van der Waals surface area (Å²) in [5.41, 5.74) is 1.90. The summed E-state index contributed by atoms with van der Waals surface area (Å²) < 4.78 is 0. The van der Waals surface area contributed by atoms with Gasteiger partial charge in [0.05, 0.1) is 0 Å². The first-order chi connectivity index (χ1) is 6.20. The molecule has 0 aliphatic rings. The second-order valence-electron chi connectivity index (χ2n) is 3.14. The smallest absolute Gasteiger partial charge is 0.166 e. The third-order valence-corrected chi connectivity index (χ3v) is 1.70. The molecule has 13 heavy (non-hydrogen) atoms. The van der Waals surface area contributed by atoms with E-state index in [-0.39, 0.29) is 5.78 Å².